The van der Waals surface area contributed by atoms with E-state index in [1.165, 1.54) is 22.5 Å². The molecule has 2 amide bonds. The van der Waals surface area contributed by atoms with Gasteiger partial charge in [-0.1, -0.05) is 40.7 Å². The number of sulfonamides is 1. The Morgan fingerprint density at radius 2 is 1.69 bits per heavy atom. The summed E-state index contributed by atoms with van der Waals surface area (Å²) >= 11 is 0. The molecular formula is C21H35N3O4S. The maximum absolute atomic E-state index is 12.8. The molecule has 0 bridgehead atoms. The number of nitrogens with one attached hydrogen (secondary N) is 2. The fourth-order valence-corrected chi connectivity index (χ4v) is 4.27. The smallest absolute Gasteiger partial charge is 0.251 e. The van der Waals surface area contributed by atoms with Gasteiger partial charge in [0.05, 0.1) is 4.90 Å². The molecule has 0 unspecified atom stereocenters. The van der Waals surface area contributed by atoms with Gasteiger partial charge >= 0.3 is 0 Å². The summed E-state index contributed by atoms with van der Waals surface area (Å²) in [5.41, 5.74) is -0.182. The third-order valence-electron chi connectivity index (χ3n) is 5.02. The fraction of sp³-hybridized carbons (Fsp3) is 0.619. The number of hydrogen-bond donors (Lipinski definition) is 2. The zero-order chi connectivity index (χ0) is 22.4. The summed E-state index contributed by atoms with van der Waals surface area (Å²) in [6.45, 7) is 13.7. The molecule has 8 heteroatoms. The highest BCUT2D eigenvalue weighted by atomic mass is 32.2. The number of rotatable bonds is 10. The summed E-state index contributed by atoms with van der Waals surface area (Å²) in [6.07, 6.45) is 0.753. The van der Waals surface area contributed by atoms with Crippen molar-refractivity contribution in [2.45, 2.75) is 71.4 Å². The van der Waals surface area contributed by atoms with Crippen LogP contribution in [-0.4, -0.2) is 49.2 Å². The largest absolute Gasteiger partial charge is 0.349 e. The molecule has 0 saturated heterocycles. The van der Waals surface area contributed by atoms with Gasteiger partial charge < -0.3 is 10.6 Å². The van der Waals surface area contributed by atoms with Crippen molar-refractivity contribution in [3.8, 4) is 0 Å². The lowest BCUT2D eigenvalue weighted by Crippen LogP contribution is -2.55. The van der Waals surface area contributed by atoms with Gasteiger partial charge in [-0.15, -0.1) is 0 Å². The Morgan fingerprint density at radius 3 is 2.17 bits per heavy atom. The molecule has 0 aliphatic heterocycles. The van der Waals surface area contributed by atoms with Crippen LogP contribution in [0.15, 0.2) is 29.2 Å². The van der Waals surface area contributed by atoms with Crippen molar-refractivity contribution in [3.63, 3.8) is 0 Å². The molecule has 0 aromatic heterocycles. The van der Waals surface area contributed by atoms with Gasteiger partial charge in [0.25, 0.3) is 5.91 Å². The highest BCUT2D eigenvalue weighted by Gasteiger charge is 2.29. The number of benzene rings is 1. The van der Waals surface area contributed by atoms with Gasteiger partial charge in [-0.05, 0) is 44.4 Å². The second-order valence-corrected chi connectivity index (χ2v) is 9.98. The third kappa shape index (κ3) is 6.54. The summed E-state index contributed by atoms with van der Waals surface area (Å²) in [6, 6.07) is 5.18. The SMILES string of the molecule is CCN(CC)S(=O)(=O)c1cccc(C(=O)N[C@H](C(=O)NC(C)(C)CC)C(C)C)c1. The minimum absolute atomic E-state index is 0.0616. The van der Waals surface area contributed by atoms with Crippen LogP contribution >= 0.6 is 0 Å². The Bertz CT molecular complexity index is 815. The van der Waals surface area contributed by atoms with Gasteiger partial charge in [-0.3, -0.25) is 9.59 Å². The van der Waals surface area contributed by atoms with Crippen molar-refractivity contribution >= 4 is 21.8 Å². The maximum Gasteiger partial charge on any atom is 0.251 e. The van der Waals surface area contributed by atoms with E-state index in [4.69, 9.17) is 0 Å². The predicted molar refractivity (Wildman–Crippen MR) is 115 cm³/mol. The van der Waals surface area contributed by atoms with Crippen LogP contribution in [0.2, 0.25) is 0 Å². The molecule has 0 spiro atoms. The summed E-state index contributed by atoms with van der Waals surface area (Å²) in [7, 11) is -3.67. The van der Waals surface area contributed by atoms with Gasteiger partial charge in [0.2, 0.25) is 15.9 Å². The van der Waals surface area contributed by atoms with Gasteiger partial charge in [0.15, 0.2) is 0 Å². The van der Waals surface area contributed by atoms with Crippen LogP contribution in [0, 0.1) is 5.92 Å². The molecule has 1 rings (SSSR count). The van der Waals surface area contributed by atoms with E-state index in [1.807, 2.05) is 34.6 Å². The molecule has 7 nitrogen and oxygen atoms in total. The molecule has 0 aliphatic carbocycles. The Morgan fingerprint density at radius 1 is 1.10 bits per heavy atom. The predicted octanol–water partition coefficient (Wildman–Crippen LogP) is 2.78. The second-order valence-electron chi connectivity index (χ2n) is 8.04. The molecule has 0 saturated carbocycles. The number of carbonyl (C=O) groups excluding carboxylic acids is 2. The van der Waals surface area contributed by atoms with Crippen molar-refractivity contribution in [1.29, 1.82) is 0 Å². The van der Waals surface area contributed by atoms with Gasteiger partial charge in [-0.25, -0.2) is 8.42 Å². The van der Waals surface area contributed by atoms with Gasteiger partial charge in [0.1, 0.15) is 6.04 Å². The third-order valence-corrected chi connectivity index (χ3v) is 7.07. The van der Waals surface area contributed by atoms with Crippen LogP contribution in [0.3, 0.4) is 0 Å². The van der Waals surface area contributed by atoms with Crippen LogP contribution in [-0.2, 0) is 14.8 Å². The summed E-state index contributed by atoms with van der Waals surface area (Å²) < 4.78 is 26.8. The van der Waals surface area contributed by atoms with Crippen LogP contribution < -0.4 is 10.6 Å². The molecule has 29 heavy (non-hydrogen) atoms. The summed E-state index contributed by atoms with van der Waals surface area (Å²) in [5.74, 6) is -0.869. The first-order chi connectivity index (χ1) is 13.4. The molecule has 0 heterocycles. The van der Waals surface area contributed by atoms with E-state index in [9.17, 15) is 18.0 Å². The normalized spacial score (nSPS) is 13.4. The minimum atomic E-state index is -3.67. The quantitative estimate of drug-likeness (QED) is 0.602. The van der Waals surface area contributed by atoms with E-state index < -0.39 is 22.0 Å². The molecule has 1 aromatic rings. The molecule has 164 valence electrons. The average Bonchev–Trinajstić information content (AvgIpc) is 2.66. The van der Waals surface area contributed by atoms with E-state index in [0.29, 0.717) is 13.1 Å². The second kappa shape index (κ2) is 10.2. The van der Waals surface area contributed by atoms with Crippen molar-refractivity contribution < 1.29 is 18.0 Å². The van der Waals surface area contributed by atoms with E-state index in [0.717, 1.165) is 6.42 Å². The molecule has 2 N–H and O–H groups in total. The summed E-state index contributed by atoms with van der Waals surface area (Å²) in [5, 5.41) is 5.71. The number of nitrogens with zero attached hydrogens (tertiary/aromatic N) is 1. The number of carbonyl (C=O) groups is 2. The highest BCUT2D eigenvalue weighted by molar-refractivity contribution is 7.89. The Hall–Kier alpha value is -1.93. The van der Waals surface area contributed by atoms with Crippen LogP contribution in [0.5, 0.6) is 0 Å². The van der Waals surface area contributed by atoms with Crippen molar-refractivity contribution in [2.24, 2.45) is 5.92 Å². The van der Waals surface area contributed by atoms with E-state index in [1.54, 1.807) is 19.9 Å². The Kier molecular flexibility index (Phi) is 8.84. The topological polar surface area (TPSA) is 95.6 Å². The van der Waals surface area contributed by atoms with Crippen molar-refractivity contribution in [1.82, 2.24) is 14.9 Å². The zero-order valence-electron chi connectivity index (χ0n) is 18.6. The molecule has 1 aromatic carbocycles. The van der Waals surface area contributed by atoms with Crippen LogP contribution in [0.1, 0.15) is 65.2 Å². The molecular weight excluding hydrogens is 390 g/mol. The van der Waals surface area contributed by atoms with Crippen LogP contribution in [0.25, 0.3) is 0 Å². The lowest BCUT2D eigenvalue weighted by atomic mass is 9.98. The van der Waals surface area contributed by atoms with Gasteiger partial charge in [-0.2, -0.15) is 4.31 Å². The first-order valence-electron chi connectivity index (χ1n) is 10.1. The average molecular weight is 426 g/mol. The van der Waals surface area contributed by atoms with E-state index >= 15 is 0 Å². The van der Waals surface area contributed by atoms with Crippen molar-refractivity contribution in [2.75, 3.05) is 13.1 Å². The Balaban J connectivity index is 3.10. The van der Waals surface area contributed by atoms with Crippen LogP contribution in [0.4, 0.5) is 0 Å². The highest BCUT2D eigenvalue weighted by Crippen LogP contribution is 2.17. The molecule has 0 aliphatic rings. The number of hydrogen-bond acceptors (Lipinski definition) is 4. The van der Waals surface area contributed by atoms with Gasteiger partial charge in [0, 0.05) is 24.2 Å². The fourth-order valence-electron chi connectivity index (χ4n) is 2.77. The maximum atomic E-state index is 12.8. The monoisotopic (exact) mass is 425 g/mol. The van der Waals surface area contributed by atoms with Crippen molar-refractivity contribution in [3.05, 3.63) is 29.8 Å². The lowest BCUT2D eigenvalue weighted by molar-refractivity contribution is -0.125. The zero-order valence-corrected chi connectivity index (χ0v) is 19.4. The number of amides is 2. The van der Waals surface area contributed by atoms with E-state index in [-0.39, 0.29) is 27.8 Å². The minimum Gasteiger partial charge on any atom is -0.349 e. The molecule has 1 atom stereocenters. The Labute approximate surface area is 175 Å². The van der Waals surface area contributed by atoms with E-state index in [2.05, 4.69) is 10.6 Å². The summed E-state index contributed by atoms with van der Waals surface area (Å²) in [4.78, 5) is 25.5. The standard InChI is InChI=1S/C21H35N3O4S/c1-8-21(6,7)23-20(26)18(15(4)5)22-19(25)16-12-11-13-17(14-16)29(27,28)24(9-2)10-3/h11-15,18H,8-10H2,1-7H3,(H,22,25)(H,23,26)/t18-/m0/s1. The molecule has 0 radical (unpaired) electrons. The lowest BCUT2D eigenvalue weighted by Gasteiger charge is -2.29. The first kappa shape index (κ1) is 25.1. The first-order valence-corrected chi connectivity index (χ1v) is 11.6. The molecule has 0 fully saturated rings.